The van der Waals surface area contributed by atoms with Crippen LogP contribution in [0.15, 0.2) is 62.8 Å². The van der Waals surface area contributed by atoms with E-state index in [4.69, 9.17) is 4.52 Å². The fourth-order valence-corrected chi connectivity index (χ4v) is 5.74. The first-order valence-electron chi connectivity index (χ1n) is 10.8. The Hall–Kier alpha value is -2.69. The average Bonchev–Trinajstić information content (AvgIpc) is 3.34. The number of rotatable bonds is 7. The first-order chi connectivity index (χ1) is 15.9. The quantitative estimate of drug-likeness (QED) is 0.502. The molecular formula is C23H26N4O4S2. The zero-order valence-electron chi connectivity index (χ0n) is 18.5. The number of carbonyl (C=O) groups is 1. The predicted molar refractivity (Wildman–Crippen MR) is 127 cm³/mol. The number of carbonyl (C=O) groups excluding carboxylic acids is 1. The zero-order chi connectivity index (χ0) is 23.4. The number of anilines is 1. The van der Waals surface area contributed by atoms with E-state index in [-0.39, 0.29) is 29.8 Å². The van der Waals surface area contributed by atoms with Crippen LogP contribution in [0.25, 0.3) is 11.4 Å². The third kappa shape index (κ3) is 5.29. The second-order valence-corrected chi connectivity index (χ2v) is 10.6. The Kier molecular flexibility index (Phi) is 7.16. The number of hydrogen-bond donors (Lipinski definition) is 1. The largest absolute Gasteiger partial charge is 0.339 e. The molecule has 3 aromatic rings. The first kappa shape index (κ1) is 23.5. The van der Waals surface area contributed by atoms with Crippen molar-refractivity contribution in [3.05, 3.63) is 54.4 Å². The normalized spacial score (nSPS) is 15.5. The molecule has 174 valence electrons. The van der Waals surface area contributed by atoms with Crippen LogP contribution in [-0.4, -0.2) is 48.1 Å². The molecule has 2 heterocycles. The molecule has 1 N–H and O–H groups in total. The molecule has 8 nitrogen and oxygen atoms in total. The van der Waals surface area contributed by atoms with E-state index in [1.165, 1.54) is 4.31 Å². The summed E-state index contributed by atoms with van der Waals surface area (Å²) in [5, 5.41) is 6.89. The predicted octanol–water partition coefficient (Wildman–Crippen LogP) is 4.06. The van der Waals surface area contributed by atoms with Gasteiger partial charge in [-0.3, -0.25) is 4.79 Å². The average molecular weight is 487 g/mol. The minimum Gasteiger partial charge on any atom is -0.339 e. The molecule has 0 aliphatic carbocycles. The number of aryl methyl sites for hydroxylation is 1. The number of hydrogen-bond acceptors (Lipinski definition) is 7. The van der Waals surface area contributed by atoms with Crippen LogP contribution in [0, 0.1) is 5.92 Å². The second kappa shape index (κ2) is 10.1. The van der Waals surface area contributed by atoms with Crippen LogP contribution in [0.5, 0.6) is 0 Å². The fraction of sp³-hybridized carbons (Fsp3) is 0.348. The van der Waals surface area contributed by atoms with E-state index in [0.717, 1.165) is 10.6 Å². The third-order valence-electron chi connectivity index (χ3n) is 5.66. The first-order valence-corrected chi connectivity index (χ1v) is 13.4. The highest BCUT2D eigenvalue weighted by atomic mass is 32.2. The summed E-state index contributed by atoms with van der Waals surface area (Å²) in [7, 11) is -3.70. The molecule has 1 aliphatic rings. The van der Waals surface area contributed by atoms with Crippen LogP contribution >= 0.6 is 11.8 Å². The van der Waals surface area contributed by atoms with Crippen molar-refractivity contribution >= 4 is 33.4 Å². The van der Waals surface area contributed by atoms with E-state index in [0.29, 0.717) is 36.5 Å². The summed E-state index contributed by atoms with van der Waals surface area (Å²) in [6.07, 6.45) is 3.53. The van der Waals surface area contributed by atoms with E-state index in [9.17, 15) is 13.2 Å². The minimum absolute atomic E-state index is 0.0730. The van der Waals surface area contributed by atoms with Gasteiger partial charge in [0.25, 0.3) is 0 Å². The van der Waals surface area contributed by atoms with Gasteiger partial charge in [0.05, 0.1) is 4.90 Å². The molecule has 0 atom stereocenters. The van der Waals surface area contributed by atoms with Crippen LogP contribution in [0.3, 0.4) is 0 Å². The Bertz CT molecular complexity index is 1230. The molecule has 2 aromatic carbocycles. The molecule has 1 aromatic heterocycles. The van der Waals surface area contributed by atoms with Gasteiger partial charge in [0, 0.05) is 41.6 Å². The summed E-state index contributed by atoms with van der Waals surface area (Å²) >= 11 is 1.61. The van der Waals surface area contributed by atoms with E-state index in [2.05, 4.69) is 15.5 Å². The molecule has 10 heteroatoms. The Morgan fingerprint density at radius 3 is 2.64 bits per heavy atom. The Morgan fingerprint density at radius 2 is 1.94 bits per heavy atom. The van der Waals surface area contributed by atoms with Crippen LogP contribution < -0.4 is 5.32 Å². The Morgan fingerprint density at radius 1 is 1.18 bits per heavy atom. The number of aromatic nitrogens is 2. The summed E-state index contributed by atoms with van der Waals surface area (Å²) in [4.78, 5) is 18.2. The molecule has 1 amide bonds. The number of amides is 1. The Balaban J connectivity index is 1.41. The van der Waals surface area contributed by atoms with Crippen molar-refractivity contribution < 1.29 is 17.7 Å². The van der Waals surface area contributed by atoms with Crippen molar-refractivity contribution in [1.29, 1.82) is 0 Å². The maximum atomic E-state index is 13.2. The topological polar surface area (TPSA) is 105 Å². The molecule has 33 heavy (non-hydrogen) atoms. The smallest absolute Gasteiger partial charge is 0.243 e. The van der Waals surface area contributed by atoms with Crippen LogP contribution in [0.4, 0.5) is 5.69 Å². The van der Waals surface area contributed by atoms with Gasteiger partial charge in [-0.15, -0.1) is 11.8 Å². The van der Waals surface area contributed by atoms with E-state index >= 15 is 0 Å². The molecule has 0 saturated carbocycles. The molecule has 0 spiro atoms. The second-order valence-electron chi connectivity index (χ2n) is 7.79. The summed E-state index contributed by atoms with van der Waals surface area (Å²) in [6.45, 7) is 2.48. The SMILES string of the molecule is CCc1nc(-c2cccc(S(=O)(=O)N3CCC(C(=O)Nc4cccc(SC)c4)CC3)c2)no1. The van der Waals surface area contributed by atoms with Crippen LogP contribution in [-0.2, 0) is 21.2 Å². The van der Waals surface area contributed by atoms with Gasteiger partial charge in [-0.1, -0.05) is 30.3 Å². The molecule has 0 bridgehead atoms. The summed E-state index contributed by atoms with van der Waals surface area (Å²) < 4.78 is 33.0. The van der Waals surface area contributed by atoms with E-state index in [1.807, 2.05) is 37.4 Å². The van der Waals surface area contributed by atoms with Crippen molar-refractivity contribution in [2.45, 2.75) is 36.0 Å². The number of piperidine rings is 1. The van der Waals surface area contributed by atoms with Gasteiger partial charge >= 0.3 is 0 Å². The number of nitrogens with one attached hydrogen (secondary N) is 1. The highest BCUT2D eigenvalue weighted by Crippen LogP contribution is 2.27. The molecule has 0 unspecified atom stereocenters. The highest BCUT2D eigenvalue weighted by Gasteiger charge is 2.32. The van der Waals surface area contributed by atoms with E-state index in [1.54, 1.807) is 36.0 Å². The maximum absolute atomic E-state index is 13.2. The number of sulfonamides is 1. The Labute approximate surface area is 197 Å². The molecule has 1 fully saturated rings. The molecular weight excluding hydrogens is 460 g/mol. The van der Waals surface area contributed by atoms with Gasteiger partial charge in [-0.05, 0) is 49.4 Å². The van der Waals surface area contributed by atoms with Crippen molar-refractivity contribution in [2.75, 3.05) is 24.7 Å². The molecule has 4 rings (SSSR count). The fourth-order valence-electron chi connectivity index (χ4n) is 3.76. The van der Waals surface area contributed by atoms with Crippen LogP contribution in [0.1, 0.15) is 25.7 Å². The van der Waals surface area contributed by atoms with Gasteiger partial charge in [0.2, 0.25) is 27.6 Å². The molecule has 0 radical (unpaired) electrons. The van der Waals surface area contributed by atoms with E-state index < -0.39 is 10.0 Å². The zero-order valence-corrected chi connectivity index (χ0v) is 20.2. The van der Waals surface area contributed by atoms with Gasteiger partial charge in [-0.25, -0.2) is 8.42 Å². The maximum Gasteiger partial charge on any atom is 0.243 e. The summed E-state index contributed by atoms with van der Waals surface area (Å²) in [6, 6.07) is 14.2. The molecule has 1 aliphatic heterocycles. The number of benzene rings is 2. The number of thioether (sulfide) groups is 1. The van der Waals surface area contributed by atoms with Gasteiger partial charge in [0.1, 0.15) is 0 Å². The van der Waals surface area contributed by atoms with Crippen molar-refractivity contribution in [3.63, 3.8) is 0 Å². The summed E-state index contributed by atoms with van der Waals surface area (Å²) in [5.41, 5.74) is 1.34. The number of nitrogens with zero attached hydrogens (tertiary/aromatic N) is 3. The van der Waals surface area contributed by atoms with Crippen molar-refractivity contribution in [3.8, 4) is 11.4 Å². The third-order valence-corrected chi connectivity index (χ3v) is 8.28. The lowest BCUT2D eigenvalue weighted by Crippen LogP contribution is -2.41. The highest BCUT2D eigenvalue weighted by molar-refractivity contribution is 7.98. The standard InChI is InChI=1S/C23H26N4O4S2/c1-3-21-25-22(26-31-21)17-6-4-9-20(14-17)33(29,30)27-12-10-16(11-13-27)23(28)24-18-7-5-8-19(15-18)32-2/h4-9,14-16H,3,10-13H2,1-2H3,(H,24,28). The van der Waals surface area contributed by atoms with Gasteiger partial charge in [0.15, 0.2) is 0 Å². The lowest BCUT2D eigenvalue weighted by atomic mass is 9.97. The van der Waals surface area contributed by atoms with Gasteiger partial charge in [-0.2, -0.15) is 9.29 Å². The summed E-state index contributed by atoms with van der Waals surface area (Å²) in [5.74, 6) is 0.562. The van der Waals surface area contributed by atoms with Crippen molar-refractivity contribution in [1.82, 2.24) is 14.4 Å². The van der Waals surface area contributed by atoms with Crippen LogP contribution in [0.2, 0.25) is 0 Å². The lowest BCUT2D eigenvalue weighted by Gasteiger charge is -2.30. The minimum atomic E-state index is -3.70. The van der Waals surface area contributed by atoms with Crippen molar-refractivity contribution in [2.24, 2.45) is 5.92 Å². The molecule has 1 saturated heterocycles. The van der Waals surface area contributed by atoms with Gasteiger partial charge < -0.3 is 9.84 Å². The monoisotopic (exact) mass is 486 g/mol. The lowest BCUT2D eigenvalue weighted by molar-refractivity contribution is -0.120.